The van der Waals surface area contributed by atoms with Gasteiger partial charge in [0.25, 0.3) is 0 Å². The highest BCUT2D eigenvalue weighted by Gasteiger charge is 2.30. The molecular formula is C12H27N3O2S. The van der Waals surface area contributed by atoms with E-state index >= 15 is 0 Å². The average Bonchev–Trinajstić information content (AvgIpc) is 2.28. The Morgan fingerprint density at radius 1 is 1.28 bits per heavy atom. The molecule has 18 heavy (non-hydrogen) atoms. The van der Waals surface area contributed by atoms with Gasteiger partial charge in [0.2, 0.25) is 10.0 Å². The van der Waals surface area contributed by atoms with E-state index in [9.17, 15) is 8.42 Å². The van der Waals surface area contributed by atoms with Gasteiger partial charge in [0, 0.05) is 25.7 Å². The fraction of sp³-hybridized carbons (Fsp3) is 1.00. The molecular weight excluding hydrogens is 250 g/mol. The normalized spacial score (nSPS) is 23.4. The largest absolute Gasteiger partial charge is 0.317 e. The molecule has 1 atom stereocenters. The standard InChI is InChI=1S/C12H27N3O2S/c1-4-13-7-5-6-10-18(16,17)15-9-8-14(3)11-12(15)2/h12-13H,4-11H2,1-3H3. The van der Waals surface area contributed by atoms with Crippen LogP contribution in [0.1, 0.15) is 26.7 Å². The maximum Gasteiger partial charge on any atom is 0.214 e. The molecule has 6 heteroatoms. The molecule has 1 unspecified atom stereocenters. The summed E-state index contributed by atoms with van der Waals surface area (Å²) in [6, 6.07) is 0.0996. The highest BCUT2D eigenvalue weighted by Crippen LogP contribution is 2.14. The van der Waals surface area contributed by atoms with Crippen molar-refractivity contribution >= 4 is 10.0 Å². The Bertz CT molecular complexity index is 332. The van der Waals surface area contributed by atoms with Crippen molar-refractivity contribution < 1.29 is 8.42 Å². The van der Waals surface area contributed by atoms with E-state index in [0.29, 0.717) is 6.54 Å². The summed E-state index contributed by atoms with van der Waals surface area (Å²) in [5.41, 5.74) is 0. The van der Waals surface area contributed by atoms with Gasteiger partial charge in [0.15, 0.2) is 0 Å². The number of nitrogens with one attached hydrogen (secondary N) is 1. The molecule has 1 heterocycles. The summed E-state index contributed by atoms with van der Waals surface area (Å²) in [5, 5.41) is 3.21. The highest BCUT2D eigenvalue weighted by molar-refractivity contribution is 7.89. The van der Waals surface area contributed by atoms with Gasteiger partial charge in [0.1, 0.15) is 0 Å². The molecule has 0 aliphatic carbocycles. The molecule has 0 aromatic heterocycles. The van der Waals surface area contributed by atoms with Gasteiger partial charge in [-0.05, 0) is 39.9 Å². The molecule has 1 fully saturated rings. The molecule has 108 valence electrons. The minimum Gasteiger partial charge on any atom is -0.317 e. The van der Waals surface area contributed by atoms with Crippen molar-refractivity contribution in [3.63, 3.8) is 0 Å². The van der Waals surface area contributed by atoms with Gasteiger partial charge in [-0.15, -0.1) is 0 Å². The number of sulfonamides is 1. The van der Waals surface area contributed by atoms with Crippen LogP contribution in [0.5, 0.6) is 0 Å². The third kappa shape index (κ3) is 4.84. The van der Waals surface area contributed by atoms with Crippen LogP contribution in [-0.4, -0.2) is 69.2 Å². The molecule has 1 N–H and O–H groups in total. The molecule has 1 rings (SSSR count). The molecule has 1 aliphatic rings. The zero-order valence-electron chi connectivity index (χ0n) is 11.9. The predicted molar refractivity (Wildman–Crippen MR) is 75.2 cm³/mol. The van der Waals surface area contributed by atoms with E-state index in [-0.39, 0.29) is 11.8 Å². The lowest BCUT2D eigenvalue weighted by molar-refractivity contribution is 0.170. The molecule has 0 spiro atoms. The van der Waals surface area contributed by atoms with Crippen molar-refractivity contribution in [1.29, 1.82) is 0 Å². The van der Waals surface area contributed by atoms with Gasteiger partial charge in [-0.25, -0.2) is 8.42 Å². The molecule has 0 aromatic carbocycles. The minimum absolute atomic E-state index is 0.0996. The lowest BCUT2D eigenvalue weighted by Crippen LogP contribution is -2.53. The first kappa shape index (κ1) is 15.9. The molecule has 0 amide bonds. The summed E-state index contributed by atoms with van der Waals surface area (Å²) < 4.78 is 26.1. The number of likely N-dealkylation sites (N-methyl/N-ethyl adjacent to an activating group) is 1. The Morgan fingerprint density at radius 3 is 2.61 bits per heavy atom. The molecule has 0 saturated carbocycles. The minimum atomic E-state index is -3.06. The van der Waals surface area contributed by atoms with Gasteiger partial charge in [0.05, 0.1) is 5.75 Å². The molecule has 0 aromatic rings. The monoisotopic (exact) mass is 277 g/mol. The zero-order chi connectivity index (χ0) is 13.6. The van der Waals surface area contributed by atoms with Crippen molar-refractivity contribution in [2.24, 2.45) is 0 Å². The quantitative estimate of drug-likeness (QED) is 0.682. The highest BCUT2D eigenvalue weighted by atomic mass is 32.2. The maximum absolute atomic E-state index is 12.2. The first-order valence-corrected chi connectivity index (χ1v) is 8.47. The van der Waals surface area contributed by atoms with E-state index in [2.05, 4.69) is 17.1 Å². The van der Waals surface area contributed by atoms with Crippen LogP contribution in [-0.2, 0) is 10.0 Å². The van der Waals surface area contributed by atoms with E-state index in [1.165, 1.54) is 0 Å². The first-order chi connectivity index (χ1) is 8.47. The van der Waals surface area contributed by atoms with Crippen molar-refractivity contribution in [2.75, 3.05) is 45.5 Å². The Balaban J connectivity index is 2.38. The van der Waals surface area contributed by atoms with Crippen LogP contribution in [0.25, 0.3) is 0 Å². The third-order valence-corrected chi connectivity index (χ3v) is 5.44. The van der Waals surface area contributed by atoms with E-state index in [1.54, 1.807) is 4.31 Å². The number of piperazine rings is 1. The van der Waals surface area contributed by atoms with Crippen LogP contribution in [0, 0.1) is 0 Å². The van der Waals surface area contributed by atoms with Gasteiger partial charge < -0.3 is 10.2 Å². The van der Waals surface area contributed by atoms with Crippen molar-refractivity contribution in [3.05, 3.63) is 0 Å². The Kier molecular flexibility index (Phi) is 6.55. The van der Waals surface area contributed by atoms with Crippen molar-refractivity contribution in [3.8, 4) is 0 Å². The fourth-order valence-electron chi connectivity index (χ4n) is 2.36. The van der Waals surface area contributed by atoms with E-state index in [1.807, 2.05) is 14.0 Å². The Morgan fingerprint density at radius 2 is 2.00 bits per heavy atom. The van der Waals surface area contributed by atoms with Crippen LogP contribution in [0.3, 0.4) is 0 Å². The maximum atomic E-state index is 12.2. The fourth-order valence-corrected chi connectivity index (χ4v) is 4.14. The number of hydrogen-bond acceptors (Lipinski definition) is 4. The zero-order valence-corrected chi connectivity index (χ0v) is 12.7. The van der Waals surface area contributed by atoms with Gasteiger partial charge in [-0.1, -0.05) is 6.92 Å². The molecule has 5 nitrogen and oxygen atoms in total. The average molecular weight is 277 g/mol. The topological polar surface area (TPSA) is 52.7 Å². The summed E-state index contributed by atoms with van der Waals surface area (Å²) in [4.78, 5) is 2.18. The summed E-state index contributed by atoms with van der Waals surface area (Å²) >= 11 is 0. The van der Waals surface area contributed by atoms with E-state index in [4.69, 9.17) is 0 Å². The second kappa shape index (κ2) is 7.43. The summed E-state index contributed by atoms with van der Waals surface area (Å²) in [5.74, 6) is 0.284. The number of nitrogens with zero attached hydrogens (tertiary/aromatic N) is 2. The Hall–Kier alpha value is -0.170. The Labute approximate surface area is 112 Å². The van der Waals surface area contributed by atoms with Gasteiger partial charge >= 0.3 is 0 Å². The molecule has 0 bridgehead atoms. The van der Waals surface area contributed by atoms with E-state index < -0.39 is 10.0 Å². The number of rotatable bonds is 7. The van der Waals surface area contributed by atoms with Crippen molar-refractivity contribution in [1.82, 2.24) is 14.5 Å². The lowest BCUT2D eigenvalue weighted by Gasteiger charge is -2.37. The van der Waals surface area contributed by atoms with Crippen LogP contribution >= 0.6 is 0 Å². The summed E-state index contributed by atoms with van der Waals surface area (Å²) in [6.45, 7) is 8.20. The lowest BCUT2D eigenvalue weighted by atomic mass is 10.2. The number of unbranched alkanes of at least 4 members (excludes halogenated alkanes) is 1. The van der Waals surface area contributed by atoms with Gasteiger partial charge in [-0.3, -0.25) is 0 Å². The first-order valence-electron chi connectivity index (χ1n) is 6.86. The van der Waals surface area contributed by atoms with Crippen LogP contribution in [0.4, 0.5) is 0 Å². The number of hydrogen-bond donors (Lipinski definition) is 1. The van der Waals surface area contributed by atoms with Crippen molar-refractivity contribution in [2.45, 2.75) is 32.7 Å². The smallest absolute Gasteiger partial charge is 0.214 e. The van der Waals surface area contributed by atoms with Gasteiger partial charge in [-0.2, -0.15) is 4.31 Å². The van der Waals surface area contributed by atoms with Crippen LogP contribution in [0.15, 0.2) is 0 Å². The molecule has 1 saturated heterocycles. The summed E-state index contributed by atoms with van der Waals surface area (Å²) in [6.07, 6.45) is 1.67. The van der Waals surface area contributed by atoms with Crippen LogP contribution < -0.4 is 5.32 Å². The third-order valence-electron chi connectivity index (χ3n) is 3.38. The predicted octanol–water partition coefficient (Wildman–Crippen LogP) is 0.342. The second-order valence-corrected chi connectivity index (χ2v) is 7.14. The molecule has 1 aliphatic heterocycles. The SMILES string of the molecule is CCNCCCCS(=O)(=O)N1CCN(C)CC1C. The van der Waals surface area contributed by atoms with E-state index in [0.717, 1.165) is 39.0 Å². The van der Waals surface area contributed by atoms with Crippen LogP contribution in [0.2, 0.25) is 0 Å². The summed E-state index contributed by atoms with van der Waals surface area (Å²) in [7, 11) is -1.03. The second-order valence-electron chi connectivity index (χ2n) is 5.10. The molecule has 0 radical (unpaired) electrons.